The molecule has 1 aliphatic carbocycles. The molecule has 0 bridgehead atoms. The Morgan fingerprint density at radius 3 is 2.75 bits per heavy atom. The van der Waals surface area contributed by atoms with E-state index in [9.17, 15) is 9.59 Å². The number of rotatable bonds is 3. The Kier molecular flexibility index (Phi) is 3.42. The fourth-order valence-electron chi connectivity index (χ4n) is 2.63. The zero-order valence-corrected chi connectivity index (χ0v) is 12.1. The minimum atomic E-state index is 0.0542. The summed E-state index contributed by atoms with van der Waals surface area (Å²) in [5, 5.41) is 3.38. The number of carbonyl (C=O) groups excluding carboxylic acids is 2. The van der Waals surface area contributed by atoms with Crippen molar-refractivity contribution in [1.29, 1.82) is 0 Å². The molecule has 1 N–H and O–H groups in total. The van der Waals surface area contributed by atoms with Gasteiger partial charge in [-0.05, 0) is 37.0 Å². The molecular weight excluding hydrogens is 276 g/mol. The third-order valence-corrected chi connectivity index (χ3v) is 4.33. The van der Waals surface area contributed by atoms with Crippen molar-refractivity contribution in [2.45, 2.75) is 26.2 Å². The zero-order chi connectivity index (χ0) is 14.3. The van der Waals surface area contributed by atoms with Crippen molar-refractivity contribution < 1.29 is 9.59 Å². The van der Waals surface area contributed by atoms with E-state index in [-0.39, 0.29) is 17.7 Å². The van der Waals surface area contributed by atoms with Crippen LogP contribution in [0, 0.1) is 11.8 Å². The van der Waals surface area contributed by atoms with Crippen LogP contribution in [0.4, 0.5) is 11.4 Å². The van der Waals surface area contributed by atoms with Crippen LogP contribution in [0.3, 0.4) is 0 Å². The van der Waals surface area contributed by atoms with Gasteiger partial charge in [0.25, 0.3) is 0 Å². The Labute approximate surface area is 123 Å². The minimum absolute atomic E-state index is 0.0542. The smallest absolute Gasteiger partial charge is 0.227 e. The lowest BCUT2D eigenvalue weighted by Gasteiger charge is -2.18. The van der Waals surface area contributed by atoms with Gasteiger partial charge in [0, 0.05) is 24.6 Å². The molecule has 0 aromatic heterocycles. The summed E-state index contributed by atoms with van der Waals surface area (Å²) in [5.74, 6) is 0.773. The molecular formula is C15H17ClN2O2. The summed E-state index contributed by atoms with van der Waals surface area (Å²) < 4.78 is 0. The zero-order valence-electron chi connectivity index (χ0n) is 11.4. The van der Waals surface area contributed by atoms with Gasteiger partial charge in [-0.3, -0.25) is 9.59 Å². The molecule has 5 heteroatoms. The van der Waals surface area contributed by atoms with Crippen LogP contribution in [0.1, 0.15) is 26.2 Å². The predicted molar refractivity (Wildman–Crippen MR) is 78.9 cm³/mol. The molecule has 2 amide bonds. The summed E-state index contributed by atoms with van der Waals surface area (Å²) in [5.41, 5.74) is 1.42. The molecule has 1 aromatic carbocycles. The summed E-state index contributed by atoms with van der Waals surface area (Å²) in [6.45, 7) is 2.78. The SMILES string of the molecule is C[C@@H]1C[C@@H]1C(=O)Nc1ccc(N2CCCC2=O)c(Cl)c1. The summed E-state index contributed by atoms with van der Waals surface area (Å²) >= 11 is 6.24. The van der Waals surface area contributed by atoms with Crippen LogP contribution >= 0.6 is 11.6 Å². The number of nitrogens with zero attached hydrogens (tertiary/aromatic N) is 1. The first-order chi connectivity index (χ1) is 9.56. The van der Waals surface area contributed by atoms with Gasteiger partial charge in [0.2, 0.25) is 11.8 Å². The summed E-state index contributed by atoms with van der Waals surface area (Å²) in [6.07, 6.45) is 2.40. The van der Waals surface area contributed by atoms with Gasteiger partial charge in [-0.2, -0.15) is 0 Å². The van der Waals surface area contributed by atoms with E-state index in [0.29, 0.717) is 29.6 Å². The maximum Gasteiger partial charge on any atom is 0.227 e. The maximum atomic E-state index is 11.9. The molecule has 106 valence electrons. The largest absolute Gasteiger partial charge is 0.326 e. The highest BCUT2D eigenvalue weighted by Crippen LogP contribution is 2.39. The summed E-state index contributed by atoms with van der Waals surface area (Å²) in [4.78, 5) is 25.3. The van der Waals surface area contributed by atoms with Gasteiger partial charge >= 0.3 is 0 Å². The molecule has 1 saturated heterocycles. The van der Waals surface area contributed by atoms with Crippen molar-refractivity contribution >= 4 is 34.8 Å². The molecule has 2 atom stereocenters. The number of anilines is 2. The Balaban J connectivity index is 1.74. The van der Waals surface area contributed by atoms with E-state index in [2.05, 4.69) is 12.2 Å². The molecule has 0 spiro atoms. The molecule has 0 radical (unpaired) electrons. The second kappa shape index (κ2) is 5.09. The first kappa shape index (κ1) is 13.4. The number of nitrogens with one attached hydrogen (secondary N) is 1. The molecule has 1 aromatic rings. The molecule has 2 aliphatic rings. The van der Waals surface area contributed by atoms with Crippen LogP contribution in [-0.2, 0) is 9.59 Å². The van der Waals surface area contributed by atoms with Crippen LogP contribution in [0.15, 0.2) is 18.2 Å². The summed E-state index contributed by atoms with van der Waals surface area (Å²) in [6, 6.07) is 5.32. The van der Waals surface area contributed by atoms with E-state index >= 15 is 0 Å². The van der Waals surface area contributed by atoms with Gasteiger partial charge in [-0.25, -0.2) is 0 Å². The monoisotopic (exact) mass is 292 g/mol. The first-order valence-corrected chi connectivity index (χ1v) is 7.35. The van der Waals surface area contributed by atoms with Gasteiger partial charge in [0.1, 0.15) is 0 Å². The van der Waals surface area contributed by atoms with Gasteiger partial charge in [0.05, 0.1) is 10.7 Å². The number of halogens is 1. The number of carbonyl (C=O) groups is 2. The molecule has 2 fully saturated rings. The average Bonchev–Trinajstić information content (AvgIpc) is 2.99. The van der Waals surface area contributed by atoms with E-state index in [1.54, 1.807) is 23.1 Å². The van der Waals surface area contributed by atoms with Crippen molar-refractivity contribution in [1.82, 2.24) is 0 Å². The van der Waals surface area contributed by atoms with Gasteiger partial charge < -0.3 is 10.2 Å². The lowest BCUT2D eigenvalue weighted by molar-refractivity contribution is -0.118. The molecule has 1 aliphatic heterocycles. The van der Waals surface area contributed by atoms with Crippen LogP contribution in [0.5, 0.6) is 0 Å². The predicted octanol–water partition coefficient (Wildman–Crippen LogP) is 3.06. The molecule has 1 saturated carbocycles. The van der Waals surface area contributed by atoms with Crippen molar-refractivity contribution in [2.75, 3.05) is 16.8 Å². The Bertz CT molecular complexity index is 573. The highest BCUT2D eigenvalue weighted by molar-refractivity contribution is 6.34. The van der Waals surface area contributed by atoms with Crippen molar-refractivity contribution in [3.63, 3.8) is 0 Å². The fraction of sp³-hybridized carbons (Fsp3) is 0.467. The minimum Gasteiger partial charge on any atom is -0.326 e. The standard InChI is InChI=1S/C15H17ClN2O2/c1-9-7-11(9)15(20)17-10-4-5-13(12(16)8-10)18-6-2-3-14(18)19/h4-5,8-9,11H,2-3,6-7H2,1H3,(H,17,20)/t9-,11+/m1/s1. The van der Waals surface area contributed by atoms with Crippen LogP contribution in [-0.4, -0.2) is 18.4 Å². The number of amides is 2. The quantitative estimate of drug-likeness (QED) is 0.931. The number of benzene rings is 1. The third kappa shape index (κ3) is 2.52. The second-order valence-corrected chi connectivity index (χ2v) is 6.03. The van der Waals surface area contributed by atoms with E-state index in [1.807, 2.05) is 0 Å². The second-order valence-electron chi connectivity index (χ2n) is 5.62. The topological polar surface area (TPSA) is 49.4 Å². The third-order valence-electron chi connectivity index (χ3n) is 4.03. The van der Waals surface area contributed by atoms with Crippen LogP contribution < -0.4 is 10.2 Å². The Morgan fingerprint density at radius 2 is 2.20 bits per heavy atom. The normalized spacial score (nSPS) is 24.9. The van der Waals surface area contributed by atoms with E-state index in [0.717, 1.165) is 18.5 Å². The van der Waals surface area contributed by atoms with Gasteiger partial charge in [-0.15, -0.1) is 0 Å². The Hall–Kier alpha value is -1.55. The van der Waals surface area contributed by atoms with Gasteiger partial charge in [-0.1, -0.05) is 18.5 Å². The Morgan fingerprint density at radius 1 is 1.45 bits per heavy atom. The highest BCUT2D eigenvalue weighted by Gasteiger charge is 2.39. The lowest BCUT2D eigenvalue weighted by atomic mass is 10.2. The molecule has 4 nitrogen and oxygen atoms in total. The molecule has 0 unspecified atom stereocenters. The van der Waals surface area contributed by atoms with E-state index < -0.39 is 0 Å². The van der Waals surface area contributed by atoms with Crippen LogP contribution in [0.25, 0.3) is 0 Å². The molecule has 20 heavy (non-hydrogen) atoms. The van der Waals surface area contributed by atoms with Crippen molar-refractivity contribution in [3.05, 3.63) is 23.2 Å². The van der Waals surface area contributed by atoms with Gasteiger partial charge in [0.15, 0.2) is 0 Å². The summed E-state index contributed by atoms with van der Waals surface area (Å²) in [7, 11) is 0. The van der Waals surface area contributed by atoms with Crippen molar-refractivity contribution in [2.24, 2.45) is 11.8 Å². The first-order valence-electron chi connectivity index (χ1n) is 6.97. The van der Waals surface area contributed by atoms with Crippen LogP contribution in [0.2, 0.25) is 5.02 Å². The average molecular weight is 293 g/mol. The molecule has 3 rings (SSSR count). The van der Waals surface area contributed by atoms with E-state index in [1.165, 1.54) is 0 Å². The number of hydrogen-bond donors (Lipinski definition) is 1. The highest BCUT2D eigenvalue weighted by atomic mass is 35.5. The fourth-order valence-corrected chi connectivity index (χ4v) is 2.91. The maximum absolute atomic E-state index is 11.9. The number of hydrogen-bond acceptors (Lipinski definition) is 2. The lowest BCUT2D eigenvalue weighted by Crippen LogP contribution is -2.24. The van der Waals surface area contributed by atoms with Crippen molar-refractivity contribution in [3.8, 4) is 0 Å². The molecule has 1 heterocycles. The van der Waals surface area contributed by atoms with E-state index in [4.69, 9.17) is 11.6 Å².